The number of anilines is 1. The zero-order chi connectivity index (χ0) is 9.84. The Bertz CT molecular complexity index is 301. The Morgan fingerprint density at radius 3 is 2.85 bits per heavy atom. The van der Waals surface area contributed by atoms with Gasteiger partial charge >= 0.3 is 0 Å². The summed E-state index contributed by atoms with van der Waals surface area (Å²) >= 11 is 1.25. The molecule has 0 aliphatic heterocycles. The van der Waals surface area contributed by atoms with Crippen LogP contribution >= 0.6 is 11.3 Å². The van der Waals surface area contributed by atoms with E-state index in [0.29, 0.717) is 23.1 Å². The van der Waals surface area contributed by atoms with Crippen molar-refractivity contribution >= 4 is 16.5 Å². The van der Waals surface area contributed by atoms with Gasteiger partial charge in [0.2, 0.25) is 5.13 Å². The van der Waals surface area contributed by atoms with Crippen molar-refractivity contribution in [1.82, 2.24) is 15.2 Å². The van der Waals surface area contributed by atoms with Crippen LogP contribution in [0.2, 0.25) is 0 Å². The van der Waals surface area contributed by atoms with Gasteiger partial charge in [-0.3, -0.25) is 0 Å². The first-order chi connectivity index (χ1) is 6.09. The second-order valence-electron chi connectivity index (χ2n) is 2.40. The quantitative estimate of drug-likeness (QED) is 0.537. The van der Waals surface area contributed by atoms with Gasteiger partial charge in [0.05, 0.1) is 13.6 Å². The molecule has 0 atom stereocenters. The lowest BCUT2D eigenvalue weighted by Crippen LogP contribution is -2.27. The number of hydrogen-bond donors (Lipinski definition) is 1. The van der Waals surface area contributed by atoms with Crippen LogP contribution in [0.4, 0.5) is 5.13 Å². The molecule has 7 nitrogen and oxygen atoms in total. The number of nitrogens with two attached hydrogens (primary N) is 1. The summed E-state index contributed by atoms with van der Waals surface area (Å²) in [5, 5.41) is 19.2. The van der Waals surface area contributed by atoms with Gasteiger partial charge in [0.15, 0.2) is 5.03 Å². The molecule has 8 heteroatoms. The Labute approximate surface area is 78.3 Å². The number of likely N-dealkylation sites (N-methyl/N-ethyl adjacent to an activating group) is 1. The highest BCUT2D eigenvalue weighted by Gasteiger charge is 2.08. The van der Waals surface area contributed by atoms with Crippen LogP contribution in [0.15, 0.2) is 0 Å². The van der Waals surface area contributed by atoms with Gasteiger partial charge < -0.3 is 5.73 Å². The van der Waals surface area contributed by atoms with Gasteiger partial charge in [-0.1, -0.05) is 11.3 Å². The fourth-order valence-electron chi connectivity index (χ4n) is 0.707. The average molecular weight is 203 g/mol. The van der Waals surface area contributed by atoms with Crippen molar-refractivity contribution in [2.24, 2.45) is 0 Å². The Hall–Kier alpha value is -1.44. The van der Waals surface area contributed by atoms with E-state index < -0.39 is 5.03 Å². The van der Waals surface area contributed by atoms with Crippen molar-refractivity contribution in [3.8, 4) is 0 Å². The molecule has 1 aromatic heterocycles. The largest absolute Gasteiger partial charge is 0.374 e. The normalized spacial score (nSPS) is 9.92. The molecule has 1 rings (SSSR count). The van der Waals surface area contributed by atoms with E-state index in [2.05, 4.69) is 10.2 Å². The van der Waals surface area contributed by atoms with Crippen molar-refractivity contribution in [1.29, 1.82) is 0 Å². The summed E-state index contributed by atoms with van der Waals surface area (Å²) in [5.74, 6) is 0. The van der Waals surface area contributed by atoms with Crippen LogP contribution in [-0.2, 0) is 6.42 Å². The molecular weight excluding hydrogens is 194 g/mol. The van der Waals surface area contributed by atoms with Gasteiger partial charge in [0.1, 0.15) is 5.01 Å². The fourth-order valence-corrected chi connectivity index (χ4v) is 1.30. The van der Waals surface area contributed by atoms with Crippen molar-refractivity contribution in [2.45, 2.75) is 6.42 Å². The van der Waals surface area contributed by atoms with Gasteiger partial charge in [0, 0.05) is 6.42 Å². The lowest BCUT2D eigenvalue weighted by Gasteiger charge is -2.05. The van der Waals surface area contributed by atoms with Crippen molar-refractivity contribution in [3.63, 3.8) is 0 Å². The highest BCUT2D eigenvalue weighted by molar-refractivity contribution is 7.15. The molecule has 0 fully saturated rings. The van der Waals surface area contributed by atoms with Crippen molar-refractivity contribution < 1.29 is 5.03 Å². The van der Waals surface area contributed by atoms with Crippen LogP contribution < -0.4 is 5.73 Å². The molecule has 72 valence electrons. The maximum absolute atomic E-state index is 10.2. The summed E-state index contributed by atoms with van der Waals surface area (Å²) in [4.78, 5) is 10.2. The van der Waals surface area contributed by atoms with Gasteiger partial charge in [0.25, 0.3) is 0 Å². The minimum atomic E-state index is -0.468. The predicted molar refractivity (Wildman–Crippen MR) is 47.6 cm³/mol. The third kappa shape index (κ3) is 2.82. The second kappa shape index (κ2) is 3.99. The number of rotatable bonds is 4. The monoisotopic (exact) mass is 203 g/mol. The standard InChI is InChI=1S/C5H9N5O2S/c1-9(10(11)12)3-2-4-7-8-5(6)13-4/h2-3H2,1H3,(H2,6,8). The summed E-state index contributed by atoms with van der Waals surface area (Å²) in [6, 6.07) is 0. The van der Waals surface area contributed by atoms with Crippen LogP contribution in [0.3, 0.4) is 0 Å². The molecule has 1 aromatic rings. The van der Waals surface area contributed by atoms with Gasteiger partial charge in [-0.25, -0.2) is 10.1 Å². The van der Waals surface area contributed by atoms with E-state index in [1.54, 1.807) is 0 Å². The molecule has 0 aliphatic carbocycles. The van der Waals surface area contributed by atoms with Gasteiger partial charge in [-0.15, -0.1) is 15.2 Å². The summed E-state index contributed by atoms with van der Waals surface area (Å²) in [7, 11) is 1.41. The van der Waals surface area contributed by atoms with E-state index >= 15 is 0 Å². The van der Waals surface area contributed by atoms with Crippen LogP contribution in [-0.4, -0.2) is 33.8 Å². The molecule has 0 amide bonds. The van der Waals surface area contributed by atoms with Crippen molar-refractivity contribution in [3.05, 3.63) is 15.1 Å². The summed E-state index contributed by atoms with van der Waals surface area (Å²) in [5.41, 5.74) is 5.34. The molecule has 2 N–H and O–H groups in total. The van der Waals surface area contributed by atoms with E-state index in [-0.39, 0.29) is 0 Å². The number of hydrogen-bond acceptors (Lipinski definition) is 6. The maximum Gasteiger partial charge on any atom is 0.203 e. The maximum atomic E-state index is 10.2. The molecule has 0 aliphatic rings. The topological polar surface area (TPSA) is 98.2 Å². The van der Waals surface area contributed by atoms with Crippen LogP contribution in [0.25, 0.3) is 0 Å². The lowest BCUT2D eigenvalue weighted by molar-refractivity contribution is -0.648. The Kier molecular flexibility index (Phi) is 2.96. The smallest absolute Gasteiger partial charge is 0.203 e. The first-order valence-electron chi connectivity index (χ1n) is 3.53. The zero-order valence-corrected chi connectivity index (χ0v) is 7.82. The molecule has 0 saturated carbocycles. The highest BCUT2D eigenvalue weighted by atomic mass is 32.1. The van der Waals surface area contributed by atoms with Crippen LogP contribution in [0.1, 0.15) is 5.01 Å². The number of hydrazine groups is 1. The average Bonchev–Trinajstić information content (AvgIpc) is 2.47. The minimum absolute atomic E-state index is 0.307. The van der Waals surface area contributed by atoms with E-state index in [1.165, 1.54) is 18.4 Å². The summed E-state index contributed by atoms with van der Waals surface area (Å²) < 4.78 is 0. The summed E-state index contributed by atoms with van der Waals surface area (Å²) in [6.45, 7) is 0.307. The highest BCUT2D eigenvalue weighted by Crippen LogP contribution is 2.11. The number of nitrogens with zero attached hydrogens (tertiary/aromatic N) is 4. The third-order valence-corrected chi connectivity index (χ3v) is 2.22. The molecule has 0 radical (unpaired) electrons. The lowest BCUT2D eigenvalue weighted by atomic mass is 10.4. The molecule has 0 saturated heterocycles. The van der Waals surface area contributed by atoms with Crippen LogP contribution in [0.5, 0.6) is 0 Å². The van der Waals surface area contributed by atoms with E-state index in [4.69, 9.17) is 5.73 Å². The molecular formula is C5H9N5O2S. The summed E-state index contributed by atoms with van der Waals surface area (Å²) in [6.07, 6.45) is 0.492. The van der Waals surface area contributed by atoms with Gasteiger partial charge in [-0.05, 0) is 0 Å². The number of nitro groups is 1. The van der Waals surface area contributed by atoms with E-state index in [9.17, 15) is 10.1 Å². The Balaban J connectivity index is 2.39. The molecule has 0 bridgehead atoms. The van der Waals surface area contributed by atoms with Crippen molar-refractivity contribution in [2.75, 3.05) is 19.3 Å². The first-order valence-corrected chi connectivity index (χ1v) is 4.34. The first kappa shape index (κ1) is 9.65. The molecule has 13 heavy (non-hydrogen) atoms. The molecule has 0 aromatic carbocycles. The van der Waals surface area contributed by atoms with Gasteiger partial charge in [-0.2, -0.15) is 0 Å². The third-order valence-electron chi connectivity index (χ3n) is 1.41. The number of nitrogen functional groups attached to an aromatic ring is 1. The molecule has 1 heterocycles. The molecule has 0 spiro atoms. The number of aromatic nitrogens is 2. The van der Waals surface area contributed by atoms with E-state index in [1.807, 2.05) is 0 Å². The molecule has 0 unspecified atom stereocenters. The minimum Gasteiger partial charge on any atom is -0.374 e. The van der Waals surface area contributed by atoms with E-state index in [0.717, 1.165) is 5.01 Å². The Morgan fingerprint density at radius 1 is 1.69 bits per heavy atom. The predicted octanol–water partition coefficient (Wildman–Crippen LogP) is -0.214. The Morgan fingerprint density at radius 2 is 2.38 bits per heavy atom. The van der Waals surface area contributed by atoms with Crippen LogP contribution in [0, 0.1) is 10.1 Å². The second-order valence-corrected chi connectivity index (χ2v) is 3.50. The fraction of sp³-hybridized carbons (Fsp3) is 0.600. The zero-order valence-electron chi connectivity index (χ0n) is 7.01. The SMILES string of the molecule is CN(CCc1nnc(N)s1)[N+](=O)[O-].